The van der Waals surface area contributed by atoms with Gasteiger partial charge in [0.1, 0.15) is 5.75 Å². The number of halogens is 3. The highest BCUT2D eigenvalue weighted by atomic mass is 79.9. The van der Waals surface area contributed by atoms with E-state index in [1.54, 1.807) is 54.6 Å². The molecule has 12 heteroatoms. The molecule has 0 aliphatic carbocycles. The van der Waals surface area contributed by atoms with E-state index < -0.39 is 28.6 Å². The fraction of sp³-hybridized carbons (Fsp3) is 0.188. The molecular weight excluding hydrogens is 689 g/mol. The van der Waals surface area contributed by atoms with E-state index in [2.05, 4.69) is 21.2 Å². The second-order valence-electron chi connectivity index (χ2n) is 10.1. The van der Waals surface area contributed by atoms with Gasteiger partial charge in [-0.1, -0.05) is 87.7 Å². The maximum Gasteiger partial charge on any atom is 0.262 e. The minimum Gasteiger partial charge on any atom is -0.477 e. The zero-order chi connectivity index (χ0) is 31.3. The first-order valence-electron chi connectivity index (χ1n) is 13.7. The second-order valence-corrected chi connectivity index (χ2v) is 13.7. The monoisotopic (exact) mass is 715 g/mol. The number of hydrogen-bond acceptors (Lipinski definition) is 5. The van der Waals surface area contributed by atoms with Crippen LogP contribution in [-0.2, 0) is 32.6 Å². The lowest BCUT2D eigenvalue weighted by atomic mass is 10.1. The summed E-state index contributed by atoms with van der Waals surface area (Å²) in [6.45, 7) is -0.348. The Kier molecular flexibility index (Phi) is 10.3. The number of carbonyl (C=O) groups excluding carboxylic acids is 2. The standard InChI is InChI=1S/C32H28BrCl2N3O5S/c33-24-11-13-25(14-12-24)44(41,42)37(19-23-10-15-26(34)27(35)18-23)21-31(39)38-20-30(43-29-9-5-4-8-28(29)38)32(40)36-17-16-22-6-2-1-3-7-22/h1-15,18,30H,16-17,19-21H2,(H,36,40)/t30-/m0/s1. The van der Waals surface area contributed by atoms with Crippen LogP contribution < -0.4 is 15.0 Å². The minimum absolute atomic E-state index is 0.0200. The SMILES string of the molecule is O=C(NCCc1ccccc1)[C@@H]1CN(C(=O)CN(Cc2ccc(Cl)c(Cl)c2)S(=O)(=O)c2ccc(Br)cc2)c2ccccc2O1. The van der Waals surface area contributed by atoms with E-state index in [0.717, 1.165) is 9.87 Å². The van der Waals surface area contributed by atoms with E-state index in [1.165, 1.54) is 17.0 Å². The van der Waals surface area contributed by atoms with Crippen molar-refractivity contribution >= 4 is 66.7 Å². The fourth-order valence-electron chi connectivity index (χ4n) is 4.75. The zero-order valence-electron chi connectivity index (χ0n) is 23.3. The average molecular weight is 717 g/mol. The molecule has 4 aromatic rings. The molecule has 1 aliphatic heterocycles. The van der Waals surface area contributed by atoms with Crippen LogP contribution in [0.2, 0.25) is 10.0 Å². The van der Waals surface area contributed by atoms with Crippen LogP contribution in [0.1, 0.15) is 11.1 Å². The van der Waals surface area contributed by atoms with Crippen molar-refractivity contribution in [2.45, 2.75) is 24.0 Å². The molecule has 0 aromatic heterocycles. The molecule has 44 heavy (non-hydrogen) atoms. The molecular formula is C32H28BrCl2N3O5S. The Hall–Kier alpha value is -3.41. The number of carbonyl (C=O) groups is 2. The minimum atomic E-state index is -4.14. The van der Waals surface area contributed by atoms with Crippen LogP contribution in [-0.4, -0.2) is 50.3 Å². The van der Waals surface area contributed by atoms with Gasteiger partial charge in [-0.15, -0.1) is 0 Å². The van der Waals surface area contributed by atoms with Gasteiger partial charge in [0, 0.05) is 17.6 Å². The number of benzene rings is 4. The third kappa shape index (κ3) is 7.62. The van der Waals surface area contributed by atoms with Crippen LogP contribution in [0.25, 0.3) is 0 Å². The Balaban J connectivity index is 1.38. The quantitative estimate of drug-likeness (QED) is 0.214. The summed E-state index contributed by atoms with van der Waals surface area (Å²) in [5.41, 5.74) is 2.07. The molecule has 1 atom stereocenters. The van der Waals surface area contributed by atoms with Crippen molar-refractivity contribution in [3.05, 3.63) is 123 Å². The van der Waals surface area contributed by atoms with E-state index in [-0.39, 0.29) is 28.9 Å². The largest absolute Gasteiger partial charge is 0.477 e. The first-order chi connectivity index (χ1) is 21.1. The van der Waals surface area contributed by atoms with Crippen LogP contribution in [0.5, 0.6) is 5.75 Å². The zero-order valence-corrected chi connectivity index (χ0v) is 27.2. The Morgan fingerprint density at radius 2 is 1.61 bits per heavy atom. The Morgan fingerprint density at radius 1 is 0.909 bits per heavy atom. The number of hydrogen-bond donors (Lipinski definition) is 1. The fourth-order valence-corrected chi connectivity index (χ4v) is 6.72. The topological polar surface area (TPSA) is 96.0 Å². The predicted molar refractivity (Wildman–Crippen MR) is 175 cm³/mol. The third-order valence-corrected chi connectivity index (χ3v) is 10.1. The summed E-state index contributed by atoms with van der Waals surface area (Å²) in [4.78, 5) is 28.5. The van der Waals surface area contributed by atoms with Gasteiger partial charge in [0.2, 0.25) is 15.9 Å². The van der Waals surface area contributed by atoms with Gasteiger partial charge in [0.25, 0.3) is 5.91 Å². The lowest BCUT2D eigenvalue weighted by molar-refractivity contribution is -0.128. The van der Waals surface area contributed by atoms with E-state index in [1.807, 2.05) is 30.3 Å². The van der Waals surface area contributed by atoms with Crippen LogP contribution in [0.3, 0.4) is 0 Å². The molecule has 0 bridgehead atoms. The highest BCUT2D eigenvalue weighted by Crippen LogP contribution is 2.34. The van der Waals surface area contributed by atoms with Crippen LogP contribution in [0.15, 0.2) is 106 Å². The molecule has 4 aromatic carbocycles. The number of rotatable bonds is 10. The number of fused-ring (bicyclic) bond motifs is 1. The lowest BCUT2D eigenvalue weighted by Gasteiger charge is -2.35. The summed E-state index contributed by atoms with van der Waals surface area (Å²) in [7, 11) is -4.14. The van der Waals surface area contributed by atoms with Crippen molar-refractivity contribution in [3.8, 4) is 5.75 Å². The highest BCUT2D eigenvalue weighted by Gasteiger charge is 2.36. The molecule has 0 saturated heterocycles. The molecule has 1 N–H and O–H groups in total. The van der Waals surface area contributed by atoms with E-state index >= 15 is 0 Å². The first kappa shape index (κ1) is 32.0. The van der Waals surface area contributed by atoms with Crippen molar-refractivity contribution in [3.63, 3.8) is 0 Å². The molecule has 0 unspecified atom stereocenters. The Labute approximate surface area is 274 Å². The summed E-state index contributed by atoms with van der Waals surface area (Å²) in [6, 6.07) is 27.6. The molecule has 0 radical (unpaired) electrons. The van der Waals surface area contributed by atoms with Gasteiger partial charge >= 0.3 is 0 Å². The lowest BCUT2D eigenvalue weighted by Crippen LogP contribution is -2.53. The second kappa shape index (κ2) is 14.1. The van der Waals surface area contributed by atoms with Crippen molar-refractivity contribution < 1.29 is 22.7 Å². The van der Waals surface area contributed by atoms with Crippen molar-refractivity contribution in [1.82, 2.24) is 9.62 Å². The maximum absolute atomic E-state index is 14.0. The van der Waals surface area contributed by atoms with Gasteiger partial charge < -0.3 is 15.0 Å². The Morgan fingerprint density at radius 3 is 2.34 bits per heavy atom. The Bertz CT molecular complexity index is 1760. The number of nitrogens with zero attached hydrogens (tertiary/aromatic N) is 2. The molecule has 228 valence electrons. The number of ether oxygens (including phenoxy) is 1. The average Bonchev–Trinajstić information content (AvgIpc) is 3.02. The van der Waals surface area contributed by atoms with Gasteiger partial charge in [0.15, 0.2) is 6.10 Å². The van der Waals surface area contributed by atoms with E-state index in [0.29, 0.717) is 39.5 Å². The van der Waals surface area contributed by atoms with Gasteiger partial charge in [-0.25, -0.2) is 8.42 Å². The molecule has 0 spiro atoms. The summed E-state index contributed by atoms with van der Waals surface area (Å²) in [6.07, 6.45) is -0.355. The molecule has 2 amide bonds. The molecule has 5 rings (SSSR count). The summed E-state index contributed by atoms with van der Waals surface area (Å²) < 4.78 is 35.5. The number of nitrogens with one attached hydrogen (secondary N) is 1. The summed E-state index contributed by atoms with van der Waals surface area (Å²) in [5, 5.41) is 3.48. The molecule has 1 heterocycles. The number of para-hydroxylation sites is 2. The van der Waals surface area contributed by atoms with Crippen LogP contribution in [0.4, 0.5) is 5.69 Å². The molecule has 1 aliphatic rings. The summed E-state index contributed by atoms with van der Waals surface area (Å²) >= 11 is 15.6. The smallest absolute Gasteiger partial charge is 0.262 e. The number of amides is 2. The normalized spacial score (nSPS) is 14.5. The first-order valence-corrected chi connectivity index (χ1v) is 16.7. The van der Waals surface area contributed by atoms with Crippen LogP contribution in [0, 0.1) is 0 Å². The third-order valence-electron chi connectivity index (χ3n) is 7.03. The maximum atomic E-state index is 14.0. The van der Waals surface area contributed by atoms with Gasteiger partial charge in [-0.05, 0) is 66.1 Å². The summed E-state index contributed by atoms with van der Waals surface area (Å²) in [5.74, 6) is -0.547. The van der Waals surface area contributed by atoms with Crippen LogP contribution >= 0.6 is 39.1 Å². The molecule has 0 fully saturated rings. The van der Waals surface area contributed by atoms with E-state index in [4.69, 9.17) is 27.9 Å². The van der Waals surface area contributed by atoms with Gasteiger partial charge in [0.05, 0.1) is 33.7 Å². The van der Waals surface area contributed by atoms with Gasteiger partial charge in [-0.2, -0.15) is 4.31 Å². The van der Waals surface area contributed by atoms with Crippen molar-refractivity contribution in [1.29, 1.82) is 0 Å². The number of sulfonamides is 1. The molecule has 0 saturated carbocycles. The van der Waals surface area contributed by atoms with E-state index in [9.17, 15) is 18.0 Å². The number of anilines is 1. The van der Waals surface area contributed by atoms with Crippen molar-refractivity contribution in [2.75, 3.05) is 24.5 Å². The van der Waals surface area contributed by atoms with Gasteiger partial charge in [-0.3, -0.25) is 9.59 Å². The highest BCUT2D eigenvalue weighted by molar-refractivity contribution is 9.10. The van der Waals surface area contributed by atoms with Crippen molar-refractivity contribution in [2.24, 2.45) is 0 Å². The predicted octanol–water partition coefficient (Wildman–Crippen LogP) is 6.10. The molecule has 8 nitrogen and oxygen atoms in total.